The molecule has 2 heterocycles. The molecule has 1 aromatic rings. The summed E-state index contributed by atoms with van der Waals surface area (Å²) in [5.74, 6) is 0.646. The number of hydrogen-bond donors (Lipinski definition) is 0. The minimum absolute atomic E-state index is 0.144. The second-order valence-electron chi connectivity index (χ2n) is 6.63. The van der Waals surface area contributed by atoms with Gasteiger partial charge in [0.2, 0.25) is 5.91 Å². The quantitative estimate of drug-likeness (QED) is 0.624. The highest BCUT2D eigenvalue weighted by atomic mass is 16.5. The van der Waals surface area contributed by atoms with Gasteiger partial charge in [-0.2, -0.15) is 0 Å². The van der Waals surface area contributed by atoms with Crippen LogP contribution in [0.4, 0.5) is 0 Å². The molecule has 1 fully saturated rings. The van der Waals surface area contributed by atoms with Crippen molar-refractivity contribution in [3.63, 3.8) is 0 Å². The van der Waals surface area contributed by atoms with Crippen LogP contribution < -0.4 is 0 Å². The van der Waals surface area contributed by atoms with E-state index in [9.17, 15) is 9.59 Å². The van der Waals surface area contributed by atoms with Gasteiger partial charge < -0.3 is 14.2 Å². The first-order chi connectivity index (χ1) is 12.6. The summed E-state index contributed by atoms with van der Waals surface area (Å²) in [6.07, 6.45) is 6.60. The van der Waals surface area contributed by atoms with E-state index in [1.165, 1.54) is 0 Å². The van der Waals surface area contributed by atoms with E-state index in [0.29, 0.717) is 25.5 Å². The fourth-order valence-corrected chi connectivity index (χ4v) is 3.65. The van der Waals surface area contributed by atoms with Crippen molar-refractivity contribution in [1.82, 2.24) is 19.4 Å². The number of rotatable bonds is 9. The fraction of sp³-hybridized carbons (Fsp3) is 0.737. The number of likely N-dealkylation sites (tertiary alicyclic amines) is 1. The predicted octanol–water partition coefficient (Wildman–Crippen LogP) is 1.71. The fourth-order valence-electron chi connectivity index (χ4n) is 3.65. The predicted molar refractivity (Wildman–Crippen MR) is 99.7 cm³/mol. The molecule has 7 heteroatoms. The molecule has 26 heavy (non-hydrogen) atoms. The average Bonchev–Trinajstić information content (AvgIpc) is 3.08. The van der Waals surface area contributed by atoms with Crippen molar-refractivity contribution in [1.29, 1.82) is 0 Å². The summed E-state index contributed by atoms with van der Waals surface area (Å²) < 4.78 is 6.74. The number of ether oxygens (including phenoxy) is 1. The zero-order valence-corrected chi connectivity index (χ0v) is 16.3. The molecule has 0 saturated carbocycles. The third-order valence-corrected chi connectivity index (χ3v) is 5.05. The van der Waals surface area contributed by atoms with Crippen LogP contribution in [0.3, 0.4) is 0 Å². The Balaban J connectivity index is 1.87. The third-order valence-electron chi connectivity index (χ3n) is 5.05. The Morgan fingerprint density at radius 1 is 1.31 bits per heavy atom. The van der Waals surface area contributed by atoms with Crippen molar-refractivity contribution in [2.24, 2.45) is 0 Å². The van der Waals surface area contributed by atoms with E-state index >= 15 is 0 Å². The van der Waals surface area contributed by atoms with Crippen LogP contribution in [0.5, 0.6) is 0 Å². The first-order valence-electron chi connectivity index (χ1n) is 9.76. The van der Waals surface area contributed by atoms with E-state index in [0.717, 1.165) is 44.8 Å². The summed E-state index contributed by atoms with van der Waals surface area (Å²) >= 11 is 0. The lowest BCUT2D eigenvalue weighted by Gasteiger charge is -2.38. The highest BCUT2D eigenvalue weighted by Gasteiger charge is 2.26. The zero-order chi connectivity index (χ0) is 18.9. The van der Waals surface area contributed by atoms with Gasteiger partial charge in [-0.3, -0.25) is 14.5 Å². The molecule has 0 aliphatic carbocycles. The molecule has 0 N–H and O–H groups in total. The molecule has 1 aliphatic heterocycles. The molecule has 1 saturated heterocycles. The van der Waals surface area contributed by atoms with E-state index in [1.807, 2.05) is 4.90 Å². The number of nitrogens with zero attached hydrogens (tertiary/aromatic N) is 4. The van der Waals surface area contributed by atoms with Crippen LogP contribution in [0.2, 0.25) is 0 Å². The monoisotopic (exact) mass is 364 g/mol. The molecule has 146 valence electrons. The number of esters is 1. The molecule has 1 aliphatic rings. The van der Waals surface area contributed by atoms with Gasteiger partial charge in [0, 0.05) is 44.4 Å². The summed E-state index contributed by atoms with van der Waals surface area (Å²) in [4.78, 5) is 33.0. The van der Waals surface area contributed by atoms with E-state index in [-0.39, 0.29) is 18.4 Å². The standard InChI is InChI=1S/C19H32N4O3/c1-4-21(5-2)16-8-7-12-23(14-16)18(24)10-9-17-20-11-13-22(17)15-19(25)26-6-3/h11,13,16H,4-10,12,14-15H2,1-3H3. The maximum Gasteiger partial charge on any atom is 0.325 e. The van der Waals surface area contributed by atoms with Gasteiger partial charge in [0.05, 0.1) is 6.61 Å². The maximum atomic E-state index is 12.7. The number of imidazole rings is 1. The summed E-state index contributed by atoms with van der Waals surface area (Å²) in [6, 6.07) is 0.466. The molecule has 0 bridgehead atoms. The molecule has 0 aromatic carbocycles. The second kappa shape index (κ2) is 10.3. The smallest absolute Gasteiger partial charge is 0.325 e. The van der Waals surface area contributed by atoms with Gasteiger partial charge in [-0.1, -0.05) is 13.8 Å². The molecular weight excluding hydrogens is 332 g/mol. The van der Waals surface area contributed by atoms with Gasteiger partial charge in [0.1, 0.15) is 12.4 Å². The first-order valence-corrected chi connectivity index (χ1v) is 9.76. The van der Waals surface area contributed by atoms with Gasteiger partial charge in [-0.05, 0) is 32.9 Å². The molecule has 1 aromatic heterocycles. The number of amides is 1. The van der Waals surface area contributed by atoms with Gasteiger partial charge >= 0.3 is 5.97 Å². The summed E-state index contributed by atoms with van der Waals surface area (Å²) in [7, 11) is 0. The van der Waals surface area contributed by atoms with Gasteiger partial charge in [-0.15, -0.1) is 0 Å². The minimum Gasteiger partial charge on any atom is -0.465 e. The molecule has 0 radical (unpaired) electrons. The zero-order valence-electron chi connectivity index (χ0n) is 16.3. The molecule has 7 nitrogen and oxygen atoms in total. The van der Waals surface area contributed by atoms with Crippen molar-refractivity contribution < 1.29 is 14.3 Å². The molecule has 1 amide bonds. The molecule has 0 spiro atoms. The van der Waals surface area contributed by atoms with Crippen LogP contribution in [-0.2, 0) is 27.3 Å². The van der Waals surface area contributed by atoms with Crippen LogP contribution in [0.25, 0.3) is 0 Å². The lowest BCUT2D eigenvalue weighted by Crippen LogP contribution is -2.49. The van der Waals surface area contributed by atoms with Crippen LogP contribution >= 0.6 is 0 Å². The topological polar surface area (TPSA) is 67.7 Å². The number of aromatic nitrogens is 2. The molecule has 2 rings (SSSR count). The number of carbonyl (C=O) groups excluding carboxylic acids is 2. The van der Waals surface area contributed by atoms with Crippen molar-refractivity contribution >= 4 is 11.9 Å². The normalized spacial score (nSPS) is 17.5. The van der Waals surface area contributed by atoms with E-state index in [2.05, 4.69) is 23.7 Å². The third kappa shape index (κ3) is 5.56. The van der Waals surface area contributed by atoms with Crippen LogP contribution in [0.15, 0.2) is 12.4 Å². The van der Waals surface area contributed by atoms with Gasteiger partial charge in [-0.25, -0.2) is 4.98 Å². The number of aryl methyl sites for hydroxylation is 1. The molecule has 1 atom stereocenters. The van der Waals surface area contributed by atoms with Gasteiger partial charge in [0.25, 0.3) is 0 Å². The van der Waals surface area contributed by atoms with Crippen molar-refractivity contribution in [3.05, 3.63) is 18.2 Å². The maximum absolute atomic E-state index is 12.7. The van der Waals surface area contributed by atoms with Crippen molar-refractivity contribution in [3.8, 4) is 0 Å². The van der Waals surface area contributed by atoms with Crippen molar-refractivity contribution in [2.45, 2.75) is 59.0 Å². The van der Waals surface area contributed by atoms with E-state index in [4.69, 9.17) is 4.74 Å². The Hall–Kier alpha value is -1.89. The molecular formula is C19H32N4O3. The minimum atomic E-state index is -0.281. The lowest BCUT2D eigenvalue weighted by molar-refractivity contribution is -0.143. The SMILES string of the molecule is CCOC(=O)Cn1ccnc1CCC(=O)N1CCCC(N(CC)CC)C1. The van der Waals surface area contributed by atoms with Crippen LogP contribution in [0, 0.1) is 0 Å². The summed E-state index contributed by atoms with van der Waals surface area (Å²) in [6.45, 7) is 10.3. The number of hydrogen-bond acceptors (Lipinski definition) is 5. The summed E-state index contributed by atoms with van der Waals surface area (Å²) in [5, 5.41) is 0. The van der Waals surface area contributed by atoms with Crippen LogP contribution in [0.1, 0.15) is 45.9 Å². The highest BCUT2D eigenvalue weighted by Crippen LogP contribution is 2.17. The van der Waals surface area contributed by atoms with E-state index < -0.39 is 0 Å². The number of likely N-dealkylation sites (N-methyl/N-ethyl adjacent to an activating group) is 1. The Bertz CT molecular complexity index is 583. The Kier molecular flexibility index (Phi) is 8.09. The largest absolute Gasteiger partial charge is 0.465 e. The number of carbonyl (C=O) groups is 2. The van der Waals surface area contributed by atoms with Gasteiger partial charge in [0.15, 0.2) is 0 Å². The Morgan fingerprint density at radius 2 is 2.08 bits per heavy atom. The second-order valence-corrected chi connectivity index (χ2v) is 6.63. The average molecular weight is 364 g/mol. The lowest BCUT2D eigenvalue weighted by atomic mass is 10.0. The Morgan fingerprint density at radius 3 is 2.77 bits per heavy atom. The van der Waals surface area contributed by atoms with Crippen molar-refractivity contribution in [2.75, 3.05) is 32.8 Å². The number of piperidine rings is 1. The highest BCUT2D eigenvalue weighted by molar-refractivity contribution is 5.76. The Labute approximate surface area is 156 Å². The first kappa shape index (κ1) is 20.4. The van der Waals surface area contributed by atoms with E-state index in [1.54, 1.807) is 23.9 Å². The van der Waals surface area contributed by atoms with Crippen LogP contribution in [-0.4, -0.2) is 70.1 Å². The summed E-state index contributed by atoms with van der Waals surface area (Å²) in [5.41, 5.74) is 0. The molecule has 1 unspecified atom stereocenters.